The van der Waals surface area contributed by atoms with Crippen LogP contribution in [0.5, 0.6) is 0 Å². The highest BCUT2D eigenvalue weighted by Crippen LogP contribution is 2.26. The van der Waals surface area contributed by atoms with Crippen LogP contribution in [0.15, 0.2) is 23.1 Å². The van der Waals surface area contributed by atoms with Gasteiger partial charge in [0.05, 0.1) is 12.2 Å². The number of carbonyl (C=O) groups is 1. The first kappa shape index (κ1) is 17.3. The first-order valence-corrected chi connectivity index (χ1v) is 8.11. The van der Waals surface area contributed by atoms with E-state index in [9.17, 15) is 13.2 Å². The van der Waals surface area contributed by atoms with Crippen LogP contribution in [0, 0.1) is 0 Å². The zero-order chi connectivity index (χ0) is 16.0. The number of hydrogen-bond donors (Lipinski definition) is 3. The number of nitrogens with two attached hydrogens (primary N) is 1. The number of nitrogen functional groups attached to an aromatic ring is 1. The number of anilines is 2. The van der Waals surface area contributed by atoms with Crippen molar-refractivity contribution in [3.05, 3.63) is 18.2 Å². The number of nitrogens with zero attached hydrogens (tertiary/aromatic N) is 1. The smallest absolute Gasteiger partial charge is 0.242 e. The van der Waals surface area contributed by atoms with Gasteiger partial charge >= 0.3 is 0 Å². The van der Waals surface area contributed by atoms with Gasteiger partial charge in [-0.2, -0.15) is 0 Å². The van der Waals surface area contributed by atoms with Crippen molar-refractivity contribution < 1.29 is 13.2 Å². The predicted octanol–water partition coefficient (Wildman–Crippen LogP) is 0.139. The Bertz CT molecular complexity index is 601. The lowest BCUT2D eigenvalue weighted by atomic mass is 10.2. The number of likely N-dealkylation sites (N-methyl/N-ethyl adjacent to an activating group) is 1. The Morgan fingerprint density at radius 1 is 1.38 bits per heavy atom. The van der Waals surface area contributed by atoms with E-state index < -0.39 is 10.0 Å². The molecular formula is C13H22N4O3S. The van der Waals surface area contributed by atoms with E-state index in [4.69, 9.17) is 5.73 Å². The molecule has 21 heavy (non-hydrogen) atoms. The number of rotatable bonds is 7. The third-order valence-corrected chi connectivity index (χ3v) is 4.35. The van der Waals surface area contributed by atoms with Gasteiger partial charge in [0.2, 0.25) is 15.9 Å². The second-order valence-electron chi connectivity index (χ2n) is 4.64. The summed E-state index contributed by atoms with van der Waals surface area (Å²) < 4.78 is 26.3. The molecular weight excluding hydrogens is 292 g/mol. The summed E-state index contributed by atoms with van der Waals surface area (Å²) in [7, 11) is -0.664. The summed E-state index contributed by atoms with van der Waals surface area (Å²) in [6, 6.07) is 4.57. The average Bonchev–Trinajstić information content (AvgIpc) is 2.44. The minimum atomic E-state index is -3.65. The van der Waals surface area contributed by atoms with Crippen molar-refractivity contribution in [1.82, 2.24) is 10.0 Å². The number of sulfonamides is 1. The fraction of sp³-hybridized carbons (Fsp3) is 0.462. The van der Waals surface area contributed by atoms with Crippen LogP contribution in [0.2, 0.25) is 0 Å². The summed E-state index contributed by atoms with van der Waals surface area (Å²) in [5.41, 5.74) is 6.42. The summed E-state index contributed by atoms with van der Waals surface area (Å²) in [4.78, 5) is 13.4. The van der Waals surface area contributed by atoms with Crippen LogP contribution >= 0.6 is 0 Å². The van der Waals surface area contributed by atoms with Crippen LogP contribution in [0.25, 0.3) is 0 Å². The number of nitrogens with one attached hydrogen (secondary N) is 2. The third-order valence-electron chi connectivity index (χ3n) is 2.91. The van der Waals surface area contributed by atoms with E-state index >= 15 is 0 Å². The lowest BCUT2D eigenvalue weighted by Gasteiger charge is -2.22. The second kappa shape index (κ2) is 7.28. The summed E-state index contributed by atoms with van der Waals surface area (Å²) in [5.74, 6) is -0.163. The van der Waals surface area contributed by atoms with E-state index in [1.165, 1.54) is 13.1 Å². The molecule has 4 N–H and O–H groups in total. The van der Waals surface area contributed by atoms with Gasteiger partial charge in [0.1, 0.15) is 4.90 Å². The lowest BCUT2D eigenvalue weighted by molar-refractivity contribution is -0.119. The molecule has 1 rings (SSSR count). The zero-order valence-corrected chi connectivity index (χ0v) is 13.3. The van der Waals surface area contributed by atoms with E-state index in [2.05, 4.69) is 10.0 Å². The fourth-order valence-electron chi connectivity index (χ4n) is 1.79. The standard InChI is InChI=1S/C13H22N4O3S/c1-4-7-16-13(18)9-17(3)11-6-5-10(14)8-12(11)21(19,20)15-2/h5-6,8,15H,4,7,9,14H2,1-3H3,(H,16,18). The summed E-state index contributed by atoms with van der Waals surface area (Å²) in [6.07, 6.45) is 0.844. The lowest BCUT2D eigenvalue weighted by Crippen LogP contribution is -2.36. The molecule has 0 fully saturated rings. The molecule has 1 aromatic carbocycles. The normalized spacial score (nSPS) is 11.2. The number of amides is 1. The van der Waals surface area contributed by atoms with E-state index in [1.54, 1.807) is 24.1 Å². The van der Waals surface area contributed by atoms with Crippen molar-refractivity contribution in [2.24, 2.45) is 0 Å². The van der Waals surface area contributed by atoms with Crippen molar-refractivity contribution in [2.45, 2.75) is 18.2 Å². The molecule has 0 heterocycles. The van der Waals surface area contributed by atoms with Gasteiger partial charge in [-0.25, -0.2) is 13.1 Å². The van der Waals surface area contributed by atoms with Gasteiger partial charge in [0.15, 0.2) is 0 Å². The van der Waals surface area contributed by atoms with Crippen molar-refractivity contribution in [3.8, 4) is 0 Å². The van der Waals surface area contributed by atoms with Crippen molar-refractivity contribution in [2.75, 3.05) is 37.8 Å². The molecule has 0 aliphatic carbocycles. The number of carbonyl (C=O) groups excluding carboxylic acids is 1. The quantitative estimate of drug-likeness (QED) is 0.621. The van der Waals surface area contributed by atoms with Gasteiger partial charge in [-0.1, -0.05) is 6.92 Å². The highest BCUT2D eigenvalue weighted by Gasteiger charge is 2.20. The summed E-state index contributed by atoms with van der Waals surface area (Å²) >= 11 is 0. The monoisotopic (exact) mass is 314 g/mol. The Morgan fingerprint density at radius 3 is 2.62 bits per heavy atom. The molecule has 0 radical (unpaired) electrons. The SMILES string of the molecule is CCCNC(=O)CN(C)c1ccc(N)cc1S(=O)(=O)NC. The molecule has 7 nitrogen and oxygen atoms in total. The third kappa shape index (κ3) is 4.61. The Balaban J connectivity index is 3.04. The Kier molecular flexibility index (Phi) is 5.98. The van der Waals surface area contributed by atoms with Crippen molar-refractivity contribution >= 4 is 27.3 Å². The van der Waals surface area contributed by atoms with Gasteiger partial charge in [-0.3, -0.25) is 4.79 Å². The minimum Gasteiger partial charge on any atom is -0.399 e. The van der Waals surface area contributed by atoms with Crippen LogP contribution in [0.3, 0.4) is 0 Å². The van der Waals surface area contributed by atoms with Crippen LogP contribution in [0.4, 0.5) is 11.4 Å². The van der Waals surface area contributed by atoms with Gasteiger partial charge in [0, 0.05) is 19.3 Å². The summed E-state index contributed by atoms with van der Waals surface area (Å²) in [5, 5.41) is 2.75. The van der Waals surface area contributed by atoms with Gasteiger partial charge in [0.25, 0.3) is 0 Å². The predicted molar refractivity (Wildman–Crippen MR) is 83.7 cm³/mol. The first-order valence-electron chi connectivity index (χ1n) is 6.62. The largest absolute Gasteiger partial charge is 0.399 e. The zero-order valence-electron chi connectivity index (χ0n) is 12.5. The van der Waals surface area contributed by atoms with Crippen LogP contribution < -0.4 is 20.7 Å². The van der Waals surface area contributed by atoms with Crippen molar-refractivity contribution in [1.29, 1.82) is 0 Å². The fourth-order valence-corrected chi connectivity index (χ4v) is 2.80. The molecule has 0 saturated heterocycles. The number of benzene rings is 1. The molecule has 1 aromatic rings. The Hall–Kier alpha value is -1.80. The van der Waals surface area contributed by atoms with Gasteiger partial charge in [-0.05, 0) is 31.7 Å². The molecule has 0 unspecified atom stereocenters. The van der Waals surface area contributed by atoms with Gasteiger partial charge in [-0.15, -0.1) is 0 Å². The molecule has 0 spiro atoms. The van der Waals surface area contributed by atoms with E-state index in [1.807, 2.05) is 6.92 Å². The van der Waals surface area contributed by atoms with Crippen LogP contribution in [-0.4, -0.2) is 41.5 Å². The molecule has 0 aliphatic rings. The molecule has 0 aromatic heterocycles. The Labute approximate surface area is 125 Å². The summed E-state index contributed by atoms with van der Waals surface area (Å²) in [6.45, 7) is 2.62. The molecule has 0 bridgehead atoms. The first-order chi connectivity index (χ1) is 9.81. The molecule has 8 heteroatoms. The minimum absolute atomic E-state index is 0.0517. The maximum absolute atomic E-state index is 12.0. The average molecular weight is 314 g/mol. The van der Waals surface area contributed by atoms with Gasteiger partial charge < -0.3 is 16.0 Å². The van der Waals surface area contributed by atoms with Crippen LogP contribution in [0.1, 0.15) is 13.3 Å². The number of hydrogen-bond acceptors (Lipinski definition) is 5. The topological polar surface area (TPSA) is 105 Å². The van der Waals surface area contributed by atoms with Crippen molar-refractivity contribution in [3.63, 3.8) is 0 Å². The van der Waals surface area contributed by atoms with E-state index in [-0.39, 0.29) is 17.3 Å². The van der Waals surface area contributed by atoms with E-state index in [0.29, 0.717) is 17.9 Å². The van der Waals surface area contributed by atoms with E-state index in [0.717, 1.165) is 6.42 Å². The van der Waals surface area contributed by atoms with Crippen LogP contribution in [-0.2, 0) is 14.8 Å². The Morgan fingerprint density at radius 2 is 2.05 bits per heavy atom. The second-order valence-corrected chi connectivity index (χ2v) is 6.50. The maximum Gasteiger partial charge on any atom is 0.242 e. The maximum atomic E-state index is 12.0. The molecule has 0 atom stereocenters. The molecule has 118 valence electrons. The molecule has 0 aliphatic heterocycles. The highest BCUT2D eigenvalue weighted by molar-refractivity contribution is 7.89. The highest BCUT2D eigenvalue weighted by atomic mass is 32.2. The molecule has 1 amide bonds. The molecule has 0 saturated carbocycles.